The standard InChI is InChI=1S/C11H19NO3/c1-10(2)11(13)15-7-3-4-12-5-8-14-9-6-12/h1,3-9H2,2H3. The third kappa shape index (κ3) is 4.95. The molecule has 1 fully saturated rings. The van der Waals surface area contributed by atoms with Crippen LogP contribution >= 0.6 is 0 Å². The van der Waals surface area contributed by atoms with Crippen molar-refractivity contribution < 1.29 is 14.3 Å². The summed E-state index contributed by atoms with van der Waals surface area (Å²) in [5.41, 5.74) is 0.460. The van der Waals surface area contributed by atoms with Crippen molar-refractivity contribution in [3.05, 3.63) is 12.2 Å². The van der Waals surface area contributed by atoms with Gasteiger partial charge in [-0.15, -0.1) is 0 Å². The fraction of sp³-hybridized carbons (Fsp3) is 0.727. The SMILES string of the molecule is C=C(C)C(=O)OCCCN1CCOCC1. The zero-order chi connectivity index (χ0) is 11.1. The molecule has 0 aliphatic carbocycles. The Bertz CT molecular complexity index is 222. The summed E-state index contributed by atoms with van der Waals surface area (Å²) in [5.74, 6) is -0.294. The maximum absolute atomic E-state index is 11.0. The third-order valence-electron chi connectivity index (χ3n) is 2.30. The van der Waals surface area contributed by atoms with E-state index < -0.39 is 0 Å². The Morgan fingerprint density at radius 3 is 2.73 bits per heavy atom. The minimum atomic E-state index is -0.294. The van der Waals surface area contributed by atoms with Gasteiger partial charge >= 0.3 is 5.97 Å². The molecule has 1 heterocycles. The molecule has 0 bridgehead atoms. The van der Waals surface area contributed by atoms with Crippen LogP contribution in [0.5, 0.6) is 0 Å². The first-order valence-electron chi connectivity index (χ1n) is 5.33. The van der Waals surface area contributed by atoms with Crippen LogP contribution in [0.1, 0.15) is 13.3 Å². The molecule has 15 heavy (non-hydrogen) atoms. The van der Waals surface area contributed by atoms with Gasteiger partial charge in [0.05, 0.1) is 19.8 Å². The number of morpholine rings is 1. The fourth-order valence-corrected chi connectivity index (χ4v) is 1.40. The highest BCUT2D eigenvalue weighted by atomic mass is 16.5. The Morgan fingerprint density at radius 2 is 2.13 bits per heavy atom. The molecule has 0 aromatic rings. The van der Waals surface area contributed by atoms with E-state index in [1.165, 1.54) is 0 Å². The quantitative estimate of drug-likeness (QED) is 0.385. The number of ether oxygens (including phenoxy) is 2. The molecule has 0 N–H and O–H groups in total. The molecule has 1 aliphatic rings. The molecule has 0 amide bonds. The molecular weight excluding hydrogens is 194 g/mol. The maximum Gasteiger partial charge on any atom is 0.333 e. The topological polar surface area (TPSA) is 38.8 Å². The van der Waals surface area contributed by atoms with Crippen LogP contribution in [0.15, 0.2) is 12.2 Å². The Morgan fingerprint density at radius 1 is 1.47 bits per heavy atom. The van der Waals surface area contributed by atoms with Gasteiger partial charge in [-0.25, -0.2) is 4.79 Å². The molecule has 1 rings (SSSR count). The van der Waals surface area contributed by atoms with Crippen molar-refractivity contribution in [1.29, 1.82) is 0 Å². The van der Waals surface area contributed by atoms with Crippen molar-refractivity contribution in [2.75, 3.05) is 39.5 Å². The van der Waals surface area contributed by atoms with Gasteiger partial charge in [0, 0.05) is 25.2 Å². The zero-order valence-corrected chi connectivity index (χ0v) is 9.33. The number of rotatable bonds is 5. The molecule has 1 aliphatic heterocycles. The minimum absolute atomic E-state index is 0.294. The third-order valence-corrected chi connectivity index (χ3v) is 2.30. The summed E-state index contributed by atoms with van der Waals surface area (Å²) in [4.78, 5) is 13.4. The number of hydrogen-bond donors (Lipinski definition) is 0. The number of carbonyl (C=O) groups is 1. The average molecular weight is 213 g/mol. The molecule has 0 unspecified atom stereocenters. The van der Waals surface area contributed by atoms with E-state index in [9.17, 15) is 4.79 Å². The summed E-state index contributed by atoms with van der Waals surface area (Å²) in [5, 5.41) is 0. The summed E-state index contributed by atoms with van der Waals surface area (Å²) < 4.78 is 10.2. The first-order valence-corrected chi connectivity index (χ1v) is 5.33. The van der Waals surface area contributed by atoms with Crippen LogP contribution in [0.2, 0.25) is 0 Å². The van der Waals surface area contributed by atoms with Gasteiger partial charge < -0.3 is 9.47 Å². The highest BCUT2D eigenvalue weighted by Gasteiger charge is 2.09. The van der Waals surface area contributed by atoms with E-state index in [1.807, 2.05) is 0 Å². The highest BCUT2D eigenvalue weighted by Crippen LogP contribution is 1.99. The van der Waals surface area contributed by atoms with Crippen LogP contribution in [-0.2, 0) is 14.3 Å². The van der Waals surface area contributed by atoms with Crippen molar-refractivity contribution in [3.63, 3.8) is 0 Å². The van der Waals surface area contributed by atoms with Crippen molar-refractivity contribution in [3.8, 4) is 0 Å². The van der Waals surface area contributed by atoms with Gasteiger partial charge in [0.15, 0.2) is 0 Å². The zero-order valence-electron chi connectivity index (χ0n) is 9.33. The smallest absolute Gasteiger partial charge is 0.333 e. The lowest BCUT2D eigenvalue weighted by Gasteiger charge is -2.26. The van der Waals surface area contributed by atoms with E-state index in [2.05, 4.69) is 11.5 Å². The second-order valence-corrected chi connectivity index (χ2v) is 3.72. The monoisotopic (exact) mass is 213 g/mol. The summed E-state index contributed by atoms with van der Waals surface area (Å²) >= 11 is 0. The van der Waals surface area contributed by atoms with Gasteiger partial charge in [0.2, 0.25) is 0 Å². The van der Waals surface area contributed by atoms with Gasteiger partial charge in [0.25, 0.3) is 0 Å². The molecule has 0 radical (unpaired) electrons. The Kier molecular flexibility index (Phi) is 5.36. The number of esters is 1. The molecule has 1 saturated heterocycles. The van der Waals surface area contributed by atoms with Crippen molar-refractivity contribution in [2.45, 2.75) is 13.3 Å². The minimum Gasteiger partial charge on any atom is -0.462 e. The molecule has 0 saturated carbocycles. The summed E-state index contributed by atoms with van der Waals surface area (Å²) in [6, 6.07) is 0. The van der Waals surface area contributed by atoms with E-state index >= 15 is 0 Å². The predicted molar refractivity (Wildman–Crippen MR) is 57.6 cm³/mol. The molecule has 0 aromatic heterocycles. The molecule has 0 atom stereocenters. The number of carbonyl (C=O) groups excluding carboxylic acids is 1. The second-order valence-electron chi connectivity index (χ2n) is 3.72. The lowest BCUT2D eigenvalue weighted by Crippen LogP contribution is -2.37. The molecule has 4 heteroatoms. The van der Waals surface area contributed by atoms with Crippen LogP contribution in [0.25, 0.3) is 0 Å². The van der Waals surface area contributed by atoms with Gasteiger partial charge in [-0.05, 0) is 13.3 Å². The second kappa shape index (κ2) is 6.58. The van der Waals surface area contributed by atoms with Crippen LogP contribution in [0.3, 0.4) is 0 Å². The van der Waals surface area contributed by atoms with Crippen molar-refractivity contribution >= 4 is 5.97 Å². The molecule has 4 nitrogen and oxygen atoms in total. The number of hydrogen-bond acceptors (Lipinski definition) is 4. The van der Waals surface area contributed by atoms with Gasteiger partial charge in [-0.2, -0.15) is 0 Å². The van der Waals surface area contributed by atoms with Gasteiger partial charge in [-0.3, -0.25) is 4.90 Å². The lowest BCUT2D eigenvalue weighted by molar-refractivity contribution is -0.139. The summed E-state index contributed by atoms with van der Waals surface area (Å²) in [6.07, 6.45) is 0.874. The molecule has 86 valence electrons. The Hall–Kier alpha value is -0.870. The van der Waals surface area contributed by atoms with E-state index in [0.717, 1.165) is 39.3 Å². The summed E-state index contributed by atoms with van der Waals surface area (Å²) in [7, 11) is 0. The van der Waals surface area contributed by atoms with Crippen LogP contribution in [-0.4, -0.2) is 50.3 Å². The lowest BCUT2D eigenvalue weighted by atomic mass is 10.3. The van der Waals surface area contributed by atoms with Gasteiger partial charge in [0.1, 0.15) is 0 Å². The van der Waals surface area contributed by atoms with Crippen LogP contribution in [0, 0.1) is 0 Å². The van der Waals surface area contributed by atoms with Crippen LogP contribution < -0.4 is 0 Å². The largest absolute Gasteiger partial charge is 0.462 e. The van der Waals surface area contributed by atoms with Crippen LogP contribution in [0.4, 0.5) is 0 Å². The van der Waals surface area contributed by atoms with E-state index in [0.29, 0.717) is 12.2 Å². The Labute approximate surface area is 90.8 Å². The fourth-order valence-electron chi connectivity index (χ4n) is 1.40. The molecular formula is C11H19NO3. The Balaban J connectivity index is 2.01. The normalized spacial score (nSPS) is 17.4. The first-order chi connectivity index (χ1) is 7.20. The highest BCUT2D eigenvalue weighted by molar-refractivity contribution is 5.86. The average Bonchev–Trinajstić information content (AvgIpc) is 2.25. The maximum atomic E-state index is 11.0. The van der Waals surface area contributed by atoms with E-state index in [1.54, 1.807) is 6.92 Å². The summed E-state index contributed by atoms with van der Waals surface area (Å²) in [6.45, 7) is 10.2. The first kappa shape index (κ1) is 12.2. The van der Waals surface area contributed by atoms with E-state index in [-0.39, 0.29) is 5.97 Å². The predicted octanol–water partition coefficient (Wildman–Crippen LogP) is 0.828. The number of nitrogens with zero attached hydrogens (tertiary/aromatic N) is 1. The van der Waals surface area contributed by atoms with E-state index in [4.69, 9.17) is 9.47 Å². The van der Waals surface area contributed by atoms with Crippen molar-refractivity contribution in [1.82, 2.24) is 4.90 Å². The molecule has 0 aromatic carbocycles. The van der Waals surface area contributed by atoms with Crippen molar-refractivity contribution in [2.24, 2.45) is 0 Å². The van der Waals surface area contributed by atoms with Gasteiger partial charge in [-0.1, -0.05) is 6.58 Å². The molecule has 0 spiro atoms.